The smallest absolute Gasteiger partial charge is 0.293 e. The minimum atomic E-state index is -0.288. The summed E-state index contributed by atoms with van der Waals surface area (Å²) >= 11 is 0. The topological polar surface area (TPSA) is 81.8 Å². The second-order valence-electron chi connectivity index (χ2n) is 7.58. The van der Waals surface area contributed by atoms with E-state index in [1.807, 2.05) is 32.9 Å². The highest BCUT2D eigenvalue weighted by atomic mass is 16.2. The van der Waals surface area contributed by atoms with E-state index in [1.54, 1.807) is 10.9 Å². The van der Waals surface area contributed by atoms with Crippen LogP contribution in [0.15, 0.2) is 29.2 Å². The van der Waals surface area contributed by atoms with Crippen molar-refractivity contribution in [1.82, 2.24) is 24.9 Å². The van der Waals surface area contributed by atoms with Crippen molar-refractivity contribution < 1.29 is 4.79 Å². The summed E-state index contributed by atoms with van der Waals surface area (Å²) in [5.74, 6) is 0.139. The van der Waals surface area contributed by atoms with Crippen molar-refractivity contribution in [2.45, 2.75) is 52.5 Å². The molecule has 1 aromatic carbocycles. The lowest BCUT2D eigenvalue weighted by Crippen LogP contribution is -2.35. The Kier molecular flexibility index (Phi) is 4.75. The maximum absolute atomic E-state index is 13.2. The fourth-order valence-corrected chi connectivity index (χ4v) is 3.54. The molecule has 146 valence electrons. The highest BCUT2D eigenvalue weighted by Gasteiger charge is 2.30. The van der Waals surface area contributed by atoms with Crippen molar-refractivity contribution in [2.75, 3.05) is 6.54 Å². The van der Waals surface area contributed by atoms with E-state index >= 15 is 0 Å². The minimum absolute atomic E-state index is 0.0768. The molecule has 0 atom stereocenters. The Morgan fingerprint density at radius 1 is 1.29 bits per heavy atom. The van der Waals surface area contributed by atoms with E-state index in [-0.39, 0.29) is 18.0 Å². The molecule has 1 amide bonds. The number of carbonyl (C=O) groups is 1. The number of amides is 1. The van der Waals surface area contributed by atoms with Crippen LogP contribution in [-0.2, 0) is 11.3 Å². The fourth-order valence-electron chi connectivity index (χ4n) is 3.54. The molecule has 0 aliphatic heterocycles. The van der Waals surface area contributed by atoms with Gasteiger partial charge in [-0.15, -0.1) is 0 Å². The van der Waals surface area contributed by atoms with Crippen LogP contribution in [-0.4, -0.2) is 32.0 Å². The molecule has 0 unspecified atom stereocenters. The number of hydrogen-bond donors (Lipinski definition) is 1. The Bertz CT molecular complexity index is 1110. The molecule has 4 rings (SSSR count). The van der Waals surface area contributed by atoms with Gasteiger partial charge in [0.1, 0.15) is 12.1 Å². The first-order valence-corrected chi connectivity index (χ1v) is 9.82. The lowest BCUT2D eigenvalue weighted by atomic mass is 10.1. The number of rotatable bonds is 6. The summed E-state index contributed by atoms with van der Waals surface area (Å²) in [6.45, 7) is 6.55. The van der Waals surface area contributed by atoms with Gasteiger partial charge in [0.25, 0.3) is 5.56 Å². The molecule has 0 spiro atoms. The van der Waals surface area contributed by atoms with Gasteiger partial charge in [-0.2, -0.15) is 10.2 Å². The first kappa shape index (κ1) is 18.4. The van der Waals surface area contributed by atoms with Crippen LogP contribution in [0.5, 0.6) is 0 Å². The number of nitrogens with one attached hydrogen (secondary N) is 1. The molecule has 3 aromatic rings. The Hall–Kier alpha value is -2.96. The normalized spacial score (nSPS) is 13.8. The molecule has 28 heavy (non-hydrogen) atoms. The zero-order valence-electron chi connectivity index (χ0n) is 16.5. The first-order chi connectivity index (χ1) is 13.5. The van der Waals surface area contributed by atoms with E-state index in [4.69, 9.17) is 0 Å². The molecule has 0 radical (unpaired) electrons. The van der Waals surface area contributed by atoms with Crippen molar-refractivity contribution in [2.24, 2.45) is 0 Å². The molecular formula is C21H25N5O2. The molecule has 0 bridgehead atoms. The number of hydrogen-bond acceptors (Lipinski definition) is 4. The molecule has 7 nitrogen and oxygen atoms in total. The largest absolute Gasteiger partial charge is 0.355 e. The van der Waals surface area contributed by atoms with Crippen LogP contribution < -0.4 is 10.9 Å². The van der Waals surface area contributed by atoms with Gasteiger partial charge in [-0.25, -0.2) is 9.36 Å². The number of aryl methyl sites for hydroxylation is 2. The van der Waals surface area contributed by atoms with Crippen LogP contribution in [0.1, 0.15) is 48.9 Å². The molecular weight excluding hydrogens is 354 g/mol. The number of aromatic nitrogens is 4. The Morgan fingerprint density at radius 3 is 2.75 bits per heavy atom. The van der Waals surface area contributed by atoms with Crippen molar-refractivity contribution in [3.8, 4) is 5.69 Å². The fraction of sp³-hybridized carbons (Fsp3) is 0.429. The van der Waals surface area contributed by atoms with Crippen molar-refractivity contribution in [1.29, 1.82) is 0 Å². The number of carbonyl (C=O) groups excluding carboxylic acids is 1. The molecule has 1 saturated carbocycles. The van der Waals surface area contributed by atoms with Crippen LogP contribution in [0.3, 0.4) is 0 Å². The van der Waals surface area contributed by atoms with Gasteiger partial charge in [-0.05, 0) is 44.7 Å². The number of benzene rings is 1. The summed E-state index contributed by atoms with van der Waals surface area (Å²) in [4.78, 5) is 25.4. The maximum Gasteiger partial charge on any atom is 0.293 e. The molecule has 1 aliphatic carbocycles. The second kappa shape index (κ2) is 7.22. The van der Waals surface area contributed by atoms with E-state index < -0.39 is 0 Å². The quantitative estimate of drug-likeness (QED) is 0.714. The van der Waals surface area contributed by atoms with Gasteiger partial charge < -0.3 is 5.32 Å². The lowest BCUT2D eigenvalue weighted by molar-refractivity contribution is -0.121. The summed E-state index contributed by atoms with van der Waals surface area (Å²) in [6, 6.07) is 6.06. The van der Waals surface area contributed by atoms with E-state index in [1.165, 1.54) is 4.68 Å². The Morgan fingerprint density at radius 2 is 2.07 bits per heavy atom. The molecule has 1 N–H and O–H groups in total. The summed E-state index contributed by atoms with van der Waals surface area (Å²) in [5, 5.41) is 12.7. The van der Waals surface area contributed by atoms with Crippen LogP contribution >= 0.6 is 0 Å². The van der Waals surface area contributed by atoms with E-state index in [0.717, 1.165) is 47.2 Å². The van der Waals surface area contributed by atoms with E-state index in [2.05, 4.69) is 21.6 Å². The maximum atomic E-state index is 13.2. The third kappa shape index (κ3) is 3.32. The highest BCUT2D eigenvalue weighted by molar-refractivity contribution is 5.83. The molecule has 1 aliphatic rings. The van der Waals surface area contributed by atoms with Crippen molar-refractivity contribution in [3.05, 3.63) is 51.6 Å². The lowest BCUT2D eigenvalue weighted by Gasteiger charge is -2.11. The second-order valence-corrected chi connectivity index (χ2v) is 7.58. The standard InChI is InChI=1S/C21H25N5O2/c1-4-9-22-18(27)12-25-21(28)20-16(19(24-25)15-6-7-15)11-23-26(20)17-8-5-13(2)10-14(17)3/h5,8,10-11,15H,4,6-7,9,12H2,1-3H3,(H,22,27). The van der Waals surface area contributed by atoms with Crippen LogP contribution in [0, 0.1) is 13.8 Å². The molecule has 0 saturated heterocycles. The van der Waals surface area contributed by atoms with E-state index in [9.17, 15) is 9.59 Å². The predicted octanol–water partition coefficient (Wildman–Crippen LogP) is 2.60. The van der Waals surface area contributed by atoms with Gasteiger partial charge in [0, 0.05) is 17.8 Å². The molecule has 1 fully saturated rings. The summed E-state index contributed by atoms with van der Waals surface area (Å²) in [7, 11) is 0. The summed E-state index contributed by atoms with van der Waals surface area (Å²) in [6.07, 6.45) is 4.69. The SMILES string of the molecule is CCCNC(=O)Cn1nc(C2CC2)c2cnn(-c3ccc(C)cc3C)c2c1=O. The van der Waals surface area contributed by atoms with Gasteiger partial charge in [0.05, 0.1) is 17.6 Å². The zero-order chi connectivity index (χ0) is 19.8. The van der Waals surface area contributed by atoms with Gasteiger partial charge in [-0.1, -0.05) is 24.6 Å². The monoisotopic (exact) mass is 379 g/mol. The molecule has 7 heteroatoms. The third-order valence-electron chi connectivity index (χ3n) is 5.12. The average molecular weight is 379 g/mol. The average Bonchev–Trinajstić information content (AvgIpc) is 3.41. The Balaban J connectivity index is 1.87. The molecule has 2 aromatic heterocycles. The summed E-state index contributed by atoms with van der Waals surface area (Å²) < 4.78 is 2.99. The summed E-state index contributed by atoms with van der Waals surface area (Å²) in [5.41, 5.74) is 4.14. The van der Waals surface area contributed by atoms with Crippen molar-refractivity contribution >= 4 is 16.8 Å². The molecule has 2 heterocycles. The number of fused-ring (bicyclic) bond motifs is 1. The van der Waals surface area contributed by atoms with E-state index in [0.29, 0.717) is 18.0 Å². The van der Waals surface area contributed by atoms with Gasteiger partial charge >= 0.3 is 0 Å². The van der Waals surface area contributed by atoms with Gasteiger partial charge in [0.15, 0.2) is 0 Å². The zero-order valence-corrected chi connectivity index (χ0v) is 16.5. The predicted molar refractivity (Wildman–Crippen MR) is 108 cm³/mol. The number of nitrogens with zero attached hydrogens (tertiary/aromatic N) is 4. The minimum Gasteiger partial charge on any atom is -0.355 e. The highest BCUT2D eigenvalue weighted by Crippen LogP contribution is 2.41. The third-order valence-corrected chi connectivity index (χ3v) is 5.12. The first-order valence-electron chi connectivity index (χ1n) is 9.82. The van der Waals surface area contributed by atoms with Crippen LogP contribution in [0.4, 0.5) is 0 Å². The van der Waals surface area contributed by atoms with Crippen LogP contribution in [0.25, 0.3) is 16.6 Å². The van der Waals surface area contributed by atoms with Crippen LogP contribution in [0.2, 0.25) is 0 Å². The van der Waals surface area contributed by atoms with Crippen molar-refractivity contribution in [3.63, 3.8) is 0 Å². The Labute approximate surface area is 163 Å². The van der Waals surface area contributed by atoms with Gasteiger partial charge in [0.2, 0.25) is 5.91 Å². The van der Waals surface area contributed by atoms with Gasteiger partial charge in [-0.3, -0.25) is 9.59 Å².